The van der Waals surface area contributed by atoms with Crippen molar-refractivity contribution in [2.24, 2.45) is 0 Å². The molecule has 0 aliphatic carbocycles. The van der Waals surface area contributed by atoms with Crippen molar-refractivity contribution >= 4 is 0 Å². The maximum Gasteiger partial charge on any atom is 0.392 e. The molecule has 0 saturated carbocycles. The van der Waals surface area contributed by atoms with Gasteiger partial charge in [-0.1, -0.05) is 48.5 Å². The lowest BCUT2D eigenvalue weighted by atomic mass is 10.2. The molecule has 0 bridgehead atoms. The van der Waals surface area contributed by atoms with Gasteiger partial charge in [-0.3, -0.25) is 0 Å². The van der Waals surface area contributed by atoms with Gasteiger partial charge in [0, 0.05) is 5.56 Å². The minimum absolute atomic E-state index is 0.732. The molecule has 0 fully saturated rings. The Bertz CT molecular complexity index is 726. The van der Waals surface area contributed by atoms with Gasteiger partial charge in [-0.05, 0) is 18.6 Å². The molecule has 0 saturated heterocycles. The highest BCUT2D eigenvalue weighted by Gasteiger charge is 2.14. The van der Waals surface area contributed by atoms with Crippen LogP contribution in [0.2, 0.25) is 0 Å². The zero-order valence-corrected chi connectivity index (χ0v) is 11.9. The van der Waals surface area contributed by atoms with Crippen LogP contribution in [0.4, 0.5) is 0 Å². The Morgan fingerprint density at radius 1 is 1.00 bits per heavy atom. The lowest BCUT2D eigenvalue weighted by Crippen LogP contribution is -2.35. The zero-order valence-electron chi connectivity index (χ0n) is 11.9. The number of para-hydroxylation sites is 1. The number of rotatable bonds is 4. The molecule has 3 nitrogen and oxygen atoms in total. The Hall–Kier alpha value is -2.68. The summed E-state index contributed by atoms with van der Waals surface area (Å²) >= 11 is 0. The van der Waals surface area contributed by atoms with Crippen molar-refractivity contribution in [2.75, 3.05) is 0 Å². The van der Waals surface area contributed by atoms with Crippen LogP contribution in [0.1, 0.15) is 11.1 Å². The van der Waals surface area contributed by atoms with E-state index in [1.54, 1.807) is 12.4 Å². The molecule has 1 heterocycles. The summed E-state index contributed by atoms with van der Waals surface area (Å²) in [5.41, 5.74) is 2.33. The van der Waals surface area contributed by atoms with Gasteiger partial charge in [0.25, 0.3) is 0 Å². The van der Waals surface area contributed by atoms with Crippen LogP contribution in [0, 0.1) is 6.92 Å². The van der Waals surface area contributed by atoms with Crippen LogP contribution in [0.3, 0.4) is 0 Å². The molecule has 0 spiro atoms. The molecular weight excluding hydrogens is 260 g/mol. The van der Waals surface area contributed by atoms with Gasteiger partial charge < -0.3 is 4.74 Å². The van der Waals surface area contributed by atoms with E-state index in [4.69, 9.17) is 4.74 Å². The van der Waals surface area contributed by atoms with Crippen LogP contribution >= 0.6 is 0 Å². The van der Waals surface area contributed by atoms with E-state index in [1.807, 2.05) is 55.6 Å². The van der Waals surface area contributed by atoms with E-state index in [-0.39, 0.29) is 0 Å². The van der Waals surface area contributed by atoms with Crippen molar-refractivity contribution in [1.29, 1.82) is 0 Å². The summed E-state index contributed by atoms with van der Waals surface area (Å²) in [6.45, 7) is 2.79. The first kappa shape index (κ1) is 13.3. The summed E-state index contributed by atoms with van der Waals surface area (Å²) in [6, 6.07) is 18.3. The first-order chi connectivity index (χ1) is 10.3. The number of benzene rings is 2. The number of ether oxygens (including phenoxy) is 1. The number of hydrogen-bond acceptors (Lipinski definition) is 2. The molecule has 104 valence electrons. The maximum absolute atomic E-state index is 6.01. The smallest absolute Gasteiger partial charge is 0.392 e. The van der Waals surface area contributed by atoms with Gasteiger partial charge >= 0.3 is 5.88 Å². The minimum atomic E-state index is 0.732. The van der Waals surface area contributed by atoms with E-state index in [0.29, 0.717) is 0 Å². The van der Waals surface area contributed by atoms with Gasteiger partial charge in [0.1, 0.15) is 11.9 Å². The quantitative estimate of drug-likeness (QED) is 0.682. The van der Waals surface area contributed by atoms with E-state index in [0.717, 1.165) is 23.7 Å². The van der Waals surface area contributed by atoms with Gasteiger partial charge in [0.2, 0.25) is 0 Å². The van der Waals surface area contributed by atoms with E-state index in [2.05, 4.69) is 21.7 Å². The van der Waals surface area contributed by atoms with Crippen LogP contribution in [-0.2, 0) is 6.54 Å². The number of hydrogen-bond donors (Lipinski definition) is 0. The third-order valence-electron chi connectivity index (χ3n) is 3.30. The molecule has 0 amide bonds. The van der Waals surface area contributed by atoms with E-state index < -0.39 is 0 Å². The summed E-state index contributed by atoms with van der Waals surface area (Å²) in [5, 5.41) is 0. The van der Waals surface area contributed by atoms with Crippen molar-refractivity contribution in [3.05, 3.63) is 84.3 Å². The van der Waals surface area contributed by atoms with Crippen LogP contribution in [-0.4, -0.2) is 4.98 Å². The van der Waals surface area contributed by atoms with E-state index >= 15 is 0 Å². The fraction of sp³-hybridized carbons (Fsp3) is 0.111. The number of aryl methyl sites for hydroxylation is 1. The van der Waals surface area contributed by atoms with Gasteiger partial charge in [-0.15, -0.1) is 0 Å². The van der Waals surface area contributed by atoms with Crippen molar-refractivity contribution in [3.63, 3.8) is 0 Å². The Labute approximate surface area is 124 Å². The lowest BCUT2D eigenvalue weighted by molar-refractivity contribution is -0.692. The Morgan fingerprint density at radius 2 is 1.76 bits per heavy atom. The molecule has 1 aromatic heterocycles. The fourth-order valence-electron chi connectivity index (χ4n) is 2.15. The topological polar surface area (TPSA) is 26.0 Å². The molecular formula is C18H17N2O+. The van der Waals surface area contributed by atoms with Crippen LogP contribution < -0.4 is 9.30 Å². The zero-order chi connectivity index (χ0) is 14.5. The third kappa shape index (κ3) is 3.26. The Morgan fingerprint density at radius 3 is 2.57 bits per heavy atom. The molecule has 3 aromatic rings. The van der Waals surface area contributed by atoms with Crippen molar-refractivity contribution in [1.82, 2.24) is 4.98 Å². The molecule has 3 rings (SSSR count). The Kier molecular flexibility index (Phi) is 3.92. The summed E-state index contributed by atoms with van der Waals surface area (Å²) in [6.07, 6.45) is 5.45. The average molecular weight is 277 g/mol. The highest BCUT2D eigenvalue weighted by atomic mass is 16.5. The van der Waals surface area contributed by atoms with Gasteiger partial charge in [-0.2, -0.15) is 4.57 Å². The molecule has 2 aromatic carbocycles. The van der Waals surface area contributed by atoms with Crippen molar-refractivity contribution in [3.8, 4) is 11.6 Å². The largest absolute Gasteiger partial charge is 0.404 e. The van der Waals surface area contributed by atoms with Crippen molar-refractivity contribution in [2.45, 2.75) is 13.5 Å². The van der Waals surface area contributed by atoms with Gasteiger partial charge in [0.15, 0.2) is 12.7 Å². The highest BCUT2D eigenvalue weighted by Crippen LogP contribution is 2.21. The summed E-state index contributed by atoms with van der Waals surface area (Å²) < 4.78 is 8.06. The van der Waals surface area contributed by atoms with Crippen LogP contribution in [0.15, 0.2) is 73.2 Å². The monoisotopic (exact) mass is 277 g/mol. The first-order valence-corrected chi connectivity index (χ1v) is 6.94. The summed E-state index contributed by atoms with van der Waals surface area (Å²) in [7, 11) is 0. The minimum Gasteiger partial charge on any atom is -0.404 e. The molecule has 21 heavy (non-hydrogen) atoms. The molecule has 0 aliphatic rings. The second kappa shape index (κ2) is 6.18. The lowest BCUT2D eigenvalue weighted by Gasteiger charge is -2.07. The molecule has 0 atom stereocenters. The third-order valence-corrected chi connectivity index (χ3v) is 3.30. The molecule has 0 radical (unpaired) electrons. The second-order valence-electron chi connectivity index (χ2n) is 4.90. The van der Waals surface area contributed by atoms with Crippen LogP contribution in [0.5, 0.6) is 11.6 Å². The van der Waals surface area contributed by atoms with Crippen molar-refractivity contribution < 1.29 is 9.30 Å². The van der Waals surface area contributed by atoms with Crippen LogP contribution in [0.25, 0.3) is 0 Å². The summed E-state index contributed by atoms with van der Waals surface area (Å²) in [4.78, 5) is 4.17. The molecule has 0 N–H and O–H groups in total. The highest BCUT2D eigenvalue weighted by molar-refractivity contribution is 5.33. The normalized spacial score (nSPS) is 10.3. The predicted molar refractivity (Wildman–Crippen MR) is 81.2 cm³/mol. The van der Waals surface area contributed by atoms with Gasteiger partial charge in [-0.25, -0.2) is 4.98 Å². The average Bonchev–Trinajstić information content (AvgIpc) is 2.52. The number of aromatic nitrogens is 2. The standard InChI is InChI=1S/C18H17N2O/c1-15-7-5-6-10-17(15)21-18-13-19-11-12-20(18)14-16-8-3-2-4-9-16/h2-13H,14H2,1H3/q+1. The van der Waals surface area contributed by atoms with Gasteiger partial charge in [0.05, 0.1) is 6.20 Å². The maximum atomic E-state index is 6.01. The molecule has 0 unspecified atom stereocenters. The fourth-order valence-corrected chi connectivity index (χ4v) is 2.15. The Balaban J connectivity index is 1.88. The molecule has 0 aliphatic heterocycles. The SMILES string of the molecule is Cc1ccccc1Oc1cncc[n+]1Cc1ccccc1. The van der Waals surface area contributed by atoms with E-state index in [9.17, 15) is 0 Å². The summed E-state index contributed by atoms with van der Waals surface area (Å²) in [5.74, 6) is 1.59. The van der Waals surface area contributed by atoms with E-state index in [1.165, 1.54) is 5.56 Å². The molecule has 3 heteroatoms. The second-order valence-corrected chi connectivity index (χ2v) is 4.90. The number of nitrogens with zero attached hydrogens (tertiary/aromatic N) is 2. The first-order valence-electron chi connectivity index (χ1n) is 6.94. The predicted octanol–water partition coefficient (Wildman–Crippen LogP) is 3.52.